The number of para-hydroxylation sites is 2. The van der Waals surface area contributed by atoms with E-state index in [2.05, 4.69) is 107 Å². The third kappa shape index (κ3) is 2.53. The molecule has 0 radical (unpaired) electrons. The molecule has 0 saturated heterocycles. The van der Waals surface area contributed by atoms with E-state index in [1.54, 1.807) is 22.5 Å². The van der Waals surface area contributed by atoms with Crippen molar-refractivity contribution in [3.63, 3.8) is 0 Å². The average Bonchev–Trinajstić information content (AvgIpc) is 3.38. The fourth-order valence-electron chi connectivity index (χ4n) is 6.80. The van der Waals surface area contributed by atoms with Crippen LogP contribution in [0, 0.1) is 11.8 Å². The van der Waals surface area contributed by atoms with Crippen LogP contribution in [0.5, 0.6) is 0 Å². The Labute approximate surface area is 190 Å². The first kappa shape index (κ1) is 18.3. The summed E-state index contributed by atoms with van der Waals surface area (Å²) >= 11 is 0. The molecule has 0 saturated carbocycles. The minimum atomic E-state index is 0.395. The minimum Gasteiger partial charge on any atom is -0.337 e. The first-order valence-corrected chi connectivity index (χ1v) is 12.1. The molecule has 0 aromatic heterocycles. The molecule has 0 fully saturated rings. The maximum Gasteiger partial charge on any atom is 0.0596 e. The maximum absolute atomic E-state index is 2.65. The normalized spacial score (nSPS) is 29.9. The largest absolute Gasteiger partial charge is 0.337 e. The van der Waals surface area contributed by atoms with Crippen molar-refractivity contribution in [1.82, 2.24) is 0 Å². The topological polar surface area (TPSA) is 6.48 Å². The van der Waals surface area contributed by atoms with E-state index in [1.807, 2.05) is 0 Å². The van der Waals surface area contributed by atoms with E-state index in [0.717, 1.165) is 25.7 Å². The van der Waals surface area contributed by atoms with Crippen molar-refractivity contribution in [2.75, 3.05) is 9.80 Å². The molecule has 32 heavy (non-hydrogen) atoms. The molecular formula is C30H28N2. The summed E-state index contributed by atoms with van der Waals surface area (Å²) in [6, 6.07) is 22.9. The van der Waals surface area contributed by atoms with Crippen molar-refractivity contribution in [2.45, 2.75) is 37.8 Å². The van der Waals surface area contributed by atoms with Gasteiger partial charge in [-0.3, -0.25) is 0 Å². The Morgan fingerprint density at radius 2 is 1.00 bits per heavy atom. The number of rotatable bonds is 2. The lowest BCUT2D eigenvalue weighted by atomic mass is 9.71. The number of nitrogens with zero attached hydrogens (tertiary/aromatic N) is 2. The summed E-state index contributed by atoms with van der Waals surface area (Å²) in [5.74, 6) is 0.997. The summed E-state index contributed by atoms with van der Waals surface area (Å²) in [5.41, 5.74) is 8.89. The van der Waals surface area contributed by atoms with Gasteiger partial charge in [-0.1, -0.05) is 72.9 Å². The van der Waals surface area contributed by atoms with Gasteiger partial charge in [0.1, 0.15) is 0 Å². The summed E-state index contributed by atoms with van der Waals surface area (Å²) in [6.45, 7) is 0. The van der Waals surface area contributed by atoms with Gasteiger partial charge in [0.05, 0.1) is 12.1 Å². The van der Waals surface area contributed by atoms with E-state index in [-0.39, 0.29) is 0 Å². The highest BCUT2D eigenvalue weighted by atomic mass is 15.2. The van der Waals surface area contributed by atoms with Gasteiger partial charge in [-0.2, -0.15) is 0 Å². The third-order valence-electron chi connectivity index (χ3n) is 7.95. The summed E-state index contributed by atoms with van der Waals surface area (Å²) in [5, 5.41) is 0. The molecule has 2 nitrogen and oxygen atoms in total. The SMILES string of the molecule is C1=CC2=C(CC1)N(c1ccccc1)C1C=CC3C(C4=C(CCC=C4)N3c3ccccc3)C21. The lowest BCUT2D eigenvalue weighted by molar-refractivity contribution is 0.388. The van der Waals surface area contributed by atoms with Gasteiger partial charge in [0, 0.05) is 34.6 Å². The lowest BCUT2D eigenvalue weighted by Crippen LogP contribution is -2.45. The molecule has 158 valence electrons. The highest BCUT2D eigenvalue weighted by Gasteiger charge is 2.53. The number of anilines is 2. The second-order valence-corrected chi connectivity index (χ2v) is 9.51. The molecule has 4 atom stereocenters. The van der Waals surface area contributed by atoms with Crippen molar-refractivity contribution in [1.29, 1.82) is 0 Å². The summed E-state index contributed by atoms with van der Waals surface area (Å²) < 4.78 is 0. The Kier molecular flexibility index (Phi) is 4.08. The molecule has 5 aliphatic rings. The van der Waals surface area contributed by atoms with Gasteiger partial charge in [0.15, 0.2) is 0 Å². The van der Waals surface area contributed by atoms with Crippen LogP contribution in [0.1, 0.15) is 25.7 Å². The van der Waals surface area contributed by atoms with Crippen LogP contribution >= 0.6 is 0 Å². The first-order chi connectivity index (χ1) is 15.9. The molecule has 2 aromatic carbocycles. The van der Waals surface area contributed by atoms with E-state index in [1.165, 1.54) is 11.4 Å². The highest BCUT2D eigenvalue weighted by molar-refractivity contribution is 5.68. The lowest BCUT2D eigenvalue weighted by Gasteiger charge is -2.40. The van der Waals surface area contributed by atoms with Gasteiger partial charge in [-0.05, 0) is 61.1 Å². The smallest absolute Gasteiger partial charge is 0.0596 e. The Hall–Kier alpha value is -3.26. The van der Waals surface area contributed by atoms with Crippen molar-refractivity contribution in [3.05, 3.63) is 120 Å². The Balaban J connectivity index is 1.40. The summed E-state index contributed by atoms with van der Waals surface area (Å²) in [6.07, 6.45) is 19.3. The zero-order valence-electron chi connectivity index (χ0n) is 18.3. The minimum absolute atomic E-state index is 0.395. The van der Waals surface area contributed by atoms with Crippen molar-refractivity contribution in [2.24, 2.45) is 11.8 Å². The van der Waals surface area contributed by atoms with Crippen LogP contribution in [0.25, 0.3) is 0 Å². The summed E-state index contributed by atoms with van der Waals surface area (Å²) in [7, 11) is 0. The van der Waals surface area contributed by atoms with Crippen LogP contribution in [0.2, 0.25) is 0 Å². The molecule has 2 heteroatoms. The third-order valence-corrected chi connectivity index (χ3v) is 7.95. The fraction of sp³-hybridized carbons (Fsp3) is 0.267. The zero-order valence-corrected chi connectivity index (χ0v) is 18.3. The quantitative estimate of drug-likeness (QED) is 0.498. The molecule has 2 aliphatic heterocycles. The monoisotopic (exact) mass is 416 g/mol. The molecule has 0 bridgehead atoms. The van der Waals surface area contributed by atoms with Gasteiger partial charge in [0.2, 0.25) is 0 Å². The van der Waals surface area contributed by atoms with Gasteiger partial charge < -0.3 is 9.80 Å². The molecule has 0 N–H and O–H groups in total. The van der Waals surface area contributed by atoms with E-state index in [4.69, 9.17) is 0 Å². The van der Waals surface area contributed by atoms with Gasteiger partial charge in [-0.15, -0.1) is 0 Å². The van der Waals surface area contributed by atoms with Crippen LogP contribution in [0.15, 0.2) is 120 Å². The Morgan fingerprint density at radius 1 is 0.562 bits per heavy atom. The number of allylic oxidation sites excluding steroid dienone is 6. The fourth-order valence-corrected chi connectivity index (χ4v) is 6.80. The van der Waals surface area contributed by atoms with Crippen LogP contribution in [0.4, 0.5) is 11.4 Å². The number of hydrogen-bond acceptors (Lipinski definition) is 2. The van der Waals surface area contributed by atoms with Crippen molar-refractivity contribution in [3.8, 4) is 0 Å². The second-order valence-electron chi connectivity index (χ2n) is 9.51. The van der Waals surface area contributed by atoms with E-state index >= 15 is 0 Å². The number of benzene rings is 2. The predicted octanol–water partition coefficient (Wildman–Crippen LogP) is 6.77. The maximum atomic E-state index is 2.65. The molecule has 2 aromatic rings. The van der Waals surface area contributed by atoms with Gasteiger partial charge in [-0.25, -0.2) is 0 Å². The zero-order chi connectivity index (χ0) is 21.1. The van der Waals surface area contributed by atoms with Crippen molar-refractivity contribution >= 4 is 11.4 Å². The average molecular weight is 417 g/mol. The standard InChI is InChI=1S/C30H28N2/c1-3-11-21(12-4-1)31-25-17-9-7-15-23(25)29-27(31)19-20-28-30(29)24-16-8-10-18-26(24)32(28)22-13-5-2-6-14-22/h1-8,11-16,19-20,27-30H,9-10,17-18H2. The molecule has 7 rings (SSSR count). The van der Waals surface area contributed by atoms with E-state index in [0.29, 0.717) is 23.9 Å². The van der Waals surface area contributed by atoms with Crippen LogP contribution in [-0.2, 0) is 0 Å². The number of hydrogen-bond donors (Lipinski definition) is 0. The van der Waals surface area contributed by atoms with Crippen molar-refractivity contribution < 1.29 is 0 Å². The first-order valence-electron chi connectivity index (χ1n) is 12.1. The molecule has 0 amide bonds. The van der Waals surface area contributed by atoms with Crippen LogP contribution in [0.3, 0.4) is 0 Å². The molecule has 0 spiro atoms. The highest BCUT2D eigenvalue weighted by Crippen LogP contribution is 2.55. The second kappa shape index (κ2) is 7.13. The molecular weight excluding hydrogens is 388 g/mol. The molecule has 3 aliphatic carbocycles. The Bertz CT molecular complexity index is 1100. The predicted molar refractivity (Wildman–Crippen MR) is 132 cm³/mol. The van der Waals surface area contributed by atoms with E-state index in [9.17, 15) is 0 Å². The Morgan fingerprint density at radius 3 is 1.44 bits per heavy atom. The van der Waals surface area contributed by atoms with Crippen LogP contribution in [-0.4, -0.2) is 12.1 Å². The van der Waals surface area contributed by atoms with Crippen LogP contribution < -0.4 is 9.80 Å². The van der Waals surface area contributed by atoms with Gasteiger partial charge in [0.25, 0.3) is 0 Å². The number of fused-ring (bicyclic) bond motifs is 5. The molecule has 4 unspecified atom stereocenters. The van der Waals surface area contributed by atoms with Gasteiger partial charge >= 0.3 is 0 Å². The molecule has 2 heterocycles. The van der Waals surface area contributed by atoms with E-state index < -0.39 is 0 Å². The summed E-state index contributed by atoms with van der Waals surface area (Å²) in [4.78, 5) is 5.29.